The minimum Gasteiger partial charge on any atom is -0.496 e. The zero-order valence-corrected chi connectivity index (χ0v) is 12.4. The Morgan fingerprint density at radius 3 is 1.95 bits per heavy atom. The number of hydrogen-bond acceptors (Lipinski definition) is 3. The minimum absolute atomic E-state index is 0.718. The number of hydrogen-bond donors (Lipinski definition) is 0. The van der Waals surface area contributed by atoms with E-state index in [0.29, 0.717) is 0 Å². The van der Waals surface area contributed by atoms with Crippen LogP contribution >= 0.6 is 0 Å². The number of rotatable bonds is 8. The van der Waals surface area contributed by atoms with Gasteiger partial charge in [0.25, 0.3) is 0 Å². The van der Waals surface area contributed by atoms with Crippen LogP contribution in [-0.2, 0) is 6.42 Å². The van der Waals surface area contributed by atoms with E-state index in [1.54, 1.807) is 33.5 Å². The van der Waals surface area contributed by atoms with Gasteiger partial charge >= 0.3 is 0 Å². The van der Waals surface area contributed by atoms with Crippen LogP contribution in [0.1, 0.15) is 12.0 Å². The first-order valence-electron chi connectivity index (χ1n) is 6.44. The van der Waals surface area contributed by atoms with E-state index < -0.39 is 0 Å². The summed E-state index contributed by atoms with van der Waals surface area (Å²) in [5.74, 6) is 2.26. The largest absolute Gasteiger partial charge is 0.496 e. The van der Waals surface area contributed by atoms with Crippen LogP contribution in [0.25, 0.3) is 0 Å². The molecule has 0 aliphatic rings. The van der Waals surface area contributed by atoms with Crippen molar-refractivity contribution < 1.29 is 14.2 Å². The molecule has 0 saturated carbocycles. The van der Waals surface area contributed by atoms with Crippen LogP contribution < -0.4 is 14.2 Å². The maximum absolute atomic E-state index is 5.42. The summed E-state index contributed by atoms with van der Waals surface area (Å²) in [6, 6.07) is 3.73. The van der Waals surface area contributed by atoms with E-state index in [0.717, 1.165) is 41.2 Å². The number of ether oxygens (including phenoxy) is 3. The first kappa shape index (κ1) is 15.9. The van der Waals surface area contributed by atoms with Gasteiger partial charge in [-0.05, 0) is 18.4 Å². The van der Waals surface area contributed by atoms with Crippen LogP contribution in [0.5, 0.6) is 17.2 Å². The van der Waals surface area contributed by atoms with Gasteiger partial charge in [0.1, 0.15) is 17.2 Å². The first-order valence-corrected chi connectivity index (χ1v) is 6.44. The molecule has 0 fully saturated rings. The fourth-order valence-electron chi connectivity index (χ4n) is 1.96. The lowest BCUT2D eigenvalue weighted by Crippen LogP contribution is -1.98. The highest BCUT2D eigenvalue weighted by molar-refractivity contribution is 5.51. The fourth-order valence-corrected chi connectivity index (χ4v) is 1.96. The summed E-state index contributed by atoms with van der Waals surface area (Å²) in [7, 11) is 4.91. The summed E-state index contributed by atoms with van der Waals surface area (Å²) in [5.41, 5.74) is 2.05. The van der Waals surface area contributed by atoms with Gasteiger partial charge in [-0.3, -0.25) is 0 Å². The van der Waals surface area contributed by atoms with Gasteiger partial charge in [0, 0.05) is 17.7 Å². The second-order valence-corrected chi connectivity index (χ2v) is 4.16. The zero-order chi connectivity index (χ0) is 15.0. The molecule has 0 N–H and O–H groups in total. The Kier molecular flexibility index (Phi) is 6.44. The Balaban J connectivity index is 3.01. The number of methoxy groups -OCH3 is 3. The van der Waals surface area contributed by atoms with Gasteiger partial charge in [0.15, 0.2) is 0 Å². The molecule has 3 nitrogen and oxygen atoms in total. The van der Waals surface area contributed by atoms with E-state index in [2.05, 4.69) is 19.2 Å². The third kappa shape index (κ3) is 3.92. The van der Waals surface area contributed by atoms with Gasteiger partial charge in [0.05, 0.1) is 21.3 Å². The highest BCUT2D eigenvalue weighted by Gasteiger charge is 2.12. The Bertz CT molecular complexity index is 466. The SMILES string of the molecule is C=CC(C=C)=CCCc1c(OC)cc(OC)cc1OC. The maximum Gasteiger partial charge on any atom is 0.129 e. The highest BCUT2D eigenvalue weighted by atomic mass is 16.5. The van der Waals surface area contributed by atoms with Crippen molar-refractivity contribution in [1.29, 1.82) is 0 Å². The van der Waals surface area contributed by atoms with Crippen molar-refractivity contribution in [2.75, 3.05) is 21.3 Å². The molecule has 0 aromatic heterocycles. The summed E-state index contributed by atoms with van der Waals surface area (Å²) >= 11 is 0. The van der Waals surface area contributed by atoms with Gasteiger partial charge in [-0.1, -0.05) is 31.4 Å². The van der Waals surface area contributed by atoms with Crippen LogP contribution in [0.3, 0.4) is 0 Å². The van der Waals surface area contributed by atoms with E-state index >= 15 is 0 Å². The molecule has 0 radical (unpaired) electrons. The molecule has 0 amide bonds. The number of benzene rings is 1. The molecule has 108 valence electrons. The van der Waals surface area contributed by atoms with Crippen molar-refractivity contribution in [3.63, 3.8) is 0 Å². The number of allylic oxidation sites excluding steroid dienone is 4. The lowest BCUT2D eigenvalue weighted by molar-refractivity contribution is 0.369. The Morgan fingerprint density at radius 2 is 1.55 bits per heavy atom. The average Bonchev–Trinajstić information content (AvgIpc) is 2.50. The normalized spacial score (nSPS) is 9.55. The summed E-state index contributed by atoms with van der Waals surface area (Å²) in [6.45, 7) is 7.48. The smallest absolute Gasteiger partial charge is 0.129 e. The van der Waals surface area contributed by atoms with Gasteiger partial charge in [-0.2, -0.15) is 0 Å². The van der Waals surface area contributed by atoms with Crippen LogP contribution in [0.15, 0.2) is 49.1 Å². The van der Waals surface area contributed by atoms with Crippen LogP contribution in [0.2, 0.25) is 0 Å². The maximum atomic E-state index is 5.42. The molecule has 0 aliphatic carbocycles. The van der Waals surface area contributed by atoms with E-state index in [1.165, 1.54) is 0 Å². The molecule has 0 heterocycles. The summed E-state index contributed by atoms with van der Waals surface area (Å²) in [6.07, 6.45) is 7.32. The Morgan fingerprint density at radius 1 is 1.00 bits per heavy atom. The zero-order valence-electron chi connectivity index (χ0n) is 12.4. The highest BCUT2D eigenvalue weighted by Crippen LogP contribution is 2.34. The molecule has 20 heavy (non-hydrogen) atoms. The average molecular weight is 274 g/mol. The van der Waals surface area contributed by atoms with Crippen LogP contribution in [-0.4, -0.2) is 21.3 Å². The molecular weight excluding hydrogens is 252 g/mol. The lowest BCUT2D eigenvalue weighted by atomic mass is 10.0. The van der Waals surface area contributed by atoms with Crippen LogP contribution in [0, 0.1) is 0 Å². The standard InChI is InChI=1S/C17H22O3/c1-6-13(7-2)9-8-10-15-16(19-4)11-14(18-3)12-17(15)20-5/h6-7,9,11-12H,1-2,8,10H2,3-5H3. The predicted octanol–water partition coefficient (Wildman–Crippen LogP) is 3.94. The van der Waals surface area contributed by atoms with Gasteiger partial charge in [-0.25, -0.2) is 0 Å². The van der Waals surface area contributed by atoms with Gasteiger partial charge in [-0.15, -0.1) is 0 Å². The van der Waals surface area contributed by atoms with E-state index in [9.17, 15) is 0 Å². The second kappa shape index (κ2) is 8.10. The van der Waals surface area contributed by atoms with Crippen LogP contribution in [0.4, 0.5) is 0 Å². The molecule has 1 rings (SSSR count). The molecule has 0 unspecified atom stereocenters. The van der Waals surface area contributed by atoms with Crippen molar-refractivity contribution >= 4 is 0 Å². The van der Waals surface area contributed by atoms with E-state index in [-0.39, 0.29) is 0 Å². The molecule has 1 aromatic carbocycles. The summed E-state index contributed by atoms with van der Waals surface area (Å²) in [4.78, 5) is 0. The third-order valence-electron chi connectivity index (χ3n) is 3.06. The van der Waals surface area contributed by atoms with Crippen molar-refractivity contribution in [2.24, 2.45) is 0 Å². The molecule has 3 heteroatoms. The molecule has 0 spiro atoms. The van der Waals surface area contributed by atoms with E-state index in [1.807, 2.05) is 12.1 Å². The fraction of sp³-hybridized carbons (Fsp3) is 0.294. The topological polar surface area (TPSA) is 27.7 Å². The predicted molar refractivity (Wildman–Crippen MR) is 82.9 cm³/mol. The lowest BCUT2D eigenvalue weighted by Gasteiger charge is -2.14. The second-order valence-electron chi connectivity index (χ2n) is 4.16. The molecule has 1 aromatic rings. The summed E-state index contributed by atoms with van der Waals surface area (Å²) < 4.78 is 16.1. The minimum atomic E-state index is 0.718. The molecule has 0 atom stereocenters. The summed E-state index contributed by atoms with van der Waals surface area (Å²) in [5, 5.41) is 0. The molecular formula is C17H22O3. The molecule has 0 aliphatic heterocycles. The van der Waals surface area contributed by atoms with Crippen molar-refractivity contribution in [3.8, 4) is 17.2 Å². The Labute approximate surface area is 121 Å². The van der Waals surface area contributed by atoms with Crippen molar-refractivity contribution in [1.82, 2.24) is 0 Å². The van der Waals surface area contributed by atoms with E-state index in [4.69, 9.17) is 14.2 Å². The van der Waals surface area contributed by atoms with Gasteiger partial charge < -0.3 is 14.2 Å². The van der Waals surface area contributed by atoms with Crippen molar-refractivity contribution in [3.05, 3.63) is 54.7 Å². The monoisotopic (exact) mass is 274 g/mol. The Hall–Kier alpha value is -2.16. The van der Waals surface area contributed by atoms with Crippen molar-refractivity contribution in [2.45, 2.75) is 12.8 Å². The van der Waals surface area contributed by atoms with Gasteiger partial charge in [0.2, 0.25) is 0 Å². The third-order valence-corrected chi connectivity index (χ3v) is 3.06. The quantitative estimate of drug-likeness (QED) is 0.672. The molecule has 0 bridgehead atoms. The molecule has 0 saturated heterocycles. The first-order chi connectivity index (χ1) is 9.69.